The molecule has 4 saturated carbocycles. The van der Waals surface area contributed by atoms with Gasteiger partial charge in [-0.05, 0) is 84.9 Å². The lowest BCUT2D eigenvalue weighted by molar-refractivity contribution is 0.0416. The second-order valence-electron chi connectivity index (χ2n) is 8.43. The third-order valence-electron chi connectivity index (χ3n) is 7.88. The van der Waals surface area contributed by atoms with E-state index in [0.717, 1.165) is 47.3 Å². The Hall–Kier alpha value is -0.260. The van der Waals surface area contributed by atoms with Crippen molar-refractivity contribution >= 4 is 0 Å². The van der Waals surface area contributed by atoms with Gasteiger partial charge in [0.2, 0.25) is 0 Å². The Balaban J connectivity index is 1.51. The maximum absolute atomic E-state index is 2.61. The summed E-state index contributed by atoms with van der Waals surface area (Å²) in [5.41, 5.74) is 0. The summed E-state index contributed by atoms with van der Waals surface area (Å²) in [6.07, 6.45) is 11.4. The molecule has 5 aliphatic carbocycles. The van der Waals surface area contributed by atoms with Gasteiger partial charge in [0.25, 0.3) is 0 Å². The largest absolute Gasteiger partial charge is 0.0879 e. The first-order valence-electron chi connectivity index (χ1n) is 8.42. The van der Waals surface area contributed by atoms with E-state index in [0.29, 0.717) is 0 Å². The van der Waals surface area contributed by atoms with Crippen LogP contribution < -0.4 is 0 Å². The molecule has 9 unspecified atom stereocenters. The molecule has 0 heteroatoms. The van der Waals surface area contributed by atoms with Gasteiger partial charge in [-0.1, -0.05) is 26.0 Å². The minimum atomic E-state index is 0.942. The normalized spacial score (nSPS) is 62.9. The summed E-state index contributed by atoms with van der Waals surface area (Å²) in [5, 5.41) is 0. The van der Waals surface area contributed by atoms with Gasteiger partial charge in [0, 0.05) is 0 Å². The molecule has 0 saturated heterocycles. The van der Waals surface area contributed by atoms with E-state index in [-0.39, 0.29) is 0 Å². The SMILES string of the molecule is CC(C)C1CC2CC1C1C3CC(C4C=CCC43)C21. The second-order valence-corrected chi connectivity index (χ2v) is 8.43. The van der Waals surface area contributed by atoms with E-state index in [2.05, 4.69) is 26.0 Å². The number of hydrogen-bond acceptors (Lipinski definition) is 0. The van der Waals surface area contributed by atoms with E-state index in [1.165, 1.54) is 18.3 Å². The first-order valence-corrected chi connectivity index (χ1v) is 8.42. The van der Waals surface area contributed by atoms with Crippen LogP contribution in [-0.2, 0) is 0 Å². The Morgan fingerprint density at radius 3 is 2.61 bits per heavy atom. The quantitative estimate of drug-likeness (QED) is 0.473. The van der Waals surface area contributed by atoms with Gasteiger partial charge in [-0.25, -0.2) is 0 Å². The van der Waals surface area contributed by atoms with Crippen LogP contribution >= 0.6 is 0 Å². The average Bonchev–Trinajstić information content (AvgIpc) is 3.11. The molecule has 0 nitrogen and oxygen atoms in total. The zero-order valence-corrected chi connectivity index (χ0v) is 11.8. The van der Waals surface area contributed by atoms with Crippen LogP contribution in [0.2, 0.25) is 0 Å². The zero-order chi connectivity index (χ0) is 12.0. The van der Waals surface area contributed by atoms with Crippen molar-refractivity contribution in [2.45, 2.75) is 39.5 Å². The first-order chi connectivity index (χ1) is 8.75. The van der Waals surface area contributed by atoms with Crippen LogP contribution in [0.4, 0.5) is 0 Å². The molecule has 0 amide bonds. The Morgan fingerprint density at radius 1 is 0.889 bits per heavy atom. The number of fused-ring (bicyclic) bond motifs is 12. The number of allylic oxidation sites excluding steroid dienone is 2. The van der Waals surface area contributed by atoms with Gasteiger partial charge < -0.3 is 0 Å². The summed E-state index contributed by atoms with van der Waals surface area (Å²) in [5.74, 6) is 11.0. The average molecular weight is 242 g/mol. The zero-order valence-electron chi connectivity index (χ0n) is 11.8. The molecule has 98 valence electrons. The Bertz CT molecular complexity index is 402. The molecule has 18 heavy (non-hydrogen) atoms. The molecule has 0 radical (unpaired) electrons. The molecule has 0 aromatic carbocycles. The van der Waals surface area contributed by atoms with Gasteiger partial charge >= 0.3 is 0 Å². The van der Waals surface area contributed by atoms with E-state index in [1.807, 2.05) is 0 Å². The van der Waals surface area contributed by atoms with Crippen molar-refractivity contribution in [2.75, 3.05) is 0 Å². The van der Waals surface area contributed by atoms with Crippen molar-refractivity contribution < 1.29 is 0 Å². The Morgan fingerprint density at radius 2 is 1.78 bits per heavy atom. The van der Waals surface area contributed by atoms with Crippen LogP contribution in [0.15, 0.2) is 12.2 Å². The molecular formula is C18H26. The predicted octanol–water partition coefficient (Wildman–Crippen LogP) is 4.37. The molecule has 0 aromatic rings. The van der Waals surface area contributed by atoms with E-state index in [9.17, 15) is 0 Å². The summed E-state index contributed by atoms with van der Waals surface area (Å²) in [6, 6.07) is 0. The highest BCUT2D eigenvalue weighted by molar-refractivity contribution is 5.21. The van der Waals surface area contributed by atoms with Gasteiger partial charge in [-0.15, -0.1) is 0 Å². The van der Waals surface area contributed by atoms with Crippen LogP contribution in [0.1, 0.15) is 39.5 Å². The molecule has 0 heterocycles. The Labute approximate surface area is 111 Å². The maximum Gasteiger partial charge on any atom is -0.0168 e. The lowest BCUT2D eigenvalue weighted by Gasteiger charge is -2.44. The van der Waals surface area contributed by atoms with Gasteiger partial charge in [0.15, 0.2) is 0 Å². The topological polar surface area (TPSA) is 0 Å². The van der Waals surface area contributed by atoms with Gasteiger partial charge in [0.05, 0.1) is 0 Å². The highest BCUT2D eigenvalue weighted by atomic mass is 14.7. The molecular weight excluding hydrogens is 216 g/mol. The highest BCUT2D eigenvalue weighted by Gasteiger charge is 2.67. The van der Waals surface area contributed by atoms with Crippen molar-refractivity contribution in [1.82, 2.24) is 0 Å². The third kappa shape index (κ3) is 1.03. The lowest BCUT2D eigenvalue weighted by atomic mass is 9.61. The second kappa shape index (κ2) is 3.25. The summed E-state index contributed by atoms with van der Waals surface area (Å²) in [4.78, 5) is 0. The first kappa shape index (κ1) is 10.5. The summed E-state index contributed by atoms with van der Waals surface area (Å²) in [7, 11) is 0. The number of hydrogen-bond donors (Lipinski definition) is 0. The van der Waals surface area contributed by atoms with Crippen LogP contribution in [0.25, 0.3) is 0 Å². The lowest BCUT2D eigenvalue weighted by Crippen LogP contribution is -2.39. The molecule has 0 N–H and O–H groups in total. The third-order valence-corrected chi connectivity index (χ3v) is 7.88. The minimum Gasteiger partial charge on any atom is -0.0879 e. The monoisotopic (exact) mass is 242 g/mol. The van der Waals surface area contributed by atoms with Crippen molar-refractivity contribution in [3.63, 3.8) is 0 Å². The van der Waals surface area contributed by atoms with Crippen LogP contribution in [-0.4, -0.2) is 0 Å². The molecule has 0 aliphatic heterocycles. The van der Waals surface area contributed by atoms with Gasteiger partial charge in [0.1, 0.15) is 0 Å². The van der Waals surface area contributed by atoms with Crippen molar-refractivity contribution in [3.05, 3.63) is 12.2 Å². The molecule has 4 bridgehead atoms. The fourth-order valence-corrected chi connectivity index (χ4v) is 7.62. The molecule has 4 fully saturated rings. The predicted molar refractivity (Wildman–Crippen MR) is 73.9 cm³/mol. The summed E-state index contributed by atoms with van der Waals surface area (Å²) < 4.78 is 0. The van der Waals surface area contributed by atoms with Crippen LogP contribution in [0.3, 0.4) is 0 Å². The fraction of sp³-hybridized carbons (Fsp3) is 0.889. The van der Waals surface area contributed by atoms with Crippen molar-refractivity contribution in [3.8, 4) is 0 Å². The molecule has 0 spiro atoms. The van der Waals surface area contributed by atoms with Gasteiger partial charge in [-0.3, -0.25) is 0 Å². The molecule has 9 atom stereocenters. The highest BCUT2D eigenvalue weighted by Crippen LogP contribution is 2.73. The van der Waals surface area contributed by atoms with E-state index in [1.54, 1.807) is 19.3 Å². The standard InChI is InChI=1S/C18H26/c1-9(2)13-6-10-7-14(13)18-16-8-15(17(10)18)11-4-3-5-12(11)16/h3-4,9-18H,5-8H2,1-2H3. The van der Waals surface area contributed by atoms with E-state index in [4.69, 9.17) is 0 Å². The smallest absolute Gasteiger partial charge is 0.0168 e. The molecule has 5 aliphatic rings. The van der Waals surface area contributed by atoms with Crippen LogP contribution in [0.5, 0.6) is 0 Å². The molecule has 0 aromatic heterocycles. The van der Waals surface area contributed by atoms with Crippen LogP contribution in [0, 0.1) is 59.2 Å². The number of rotatable bonds is 1. The minimum absolute atomic E-state index is 0.942. The Kier molecular flexibility index (Phi) is 1.90. The van der Waals surface area contributed by atoms with Crippen molar-refractivity contribution in [2.24, 2.45) is 59.2 Å². The van der Waals surface area contributed by atoms with Gasteiger partial charge in [-0.2, -0.15) is 0 Å². The fourth-order valence-electron chi connectivity index (χ4n) is 7.62. The van der Waals surface area contributed by atoms with E-state index < -0.39 is 0 Å². The maximum atomic E-state index is 2.61. The van der Waals surface area contributed by atoms with E-state index >= 15 is 0 Å². The summed E-state index contributed by atoms with van der Waals surface area (Å²) in [6.45, 7) is 4.96. The summed E-state index contributed by atoms with van der Waals surface area (Å²) >= 11 is 0. The van der Waals surface area contributed by atoms with Crippen molar-refractivity contribution in [1.29, 1.82) is 0 Å². The molecule has 5 rings (SSSR count).